The molecule has 0 atom stereocenters. The molecule has 6 heteroatoms. The molecule has 0 radical (unpaired) electrons. The van der Waals surface area contributed by atoms with Crippen LogP contribution in [0.2, 0.25) is 0 Å². The monoisotopic (exact) mass is 335 g/mol. The number of rotatable bonds is 9. The lowest BCUT2D eigenvalue weighted by Crippen LogP contribution is -2.37. The molecule has 1 heterocycles. The highest BCUT2D eigenvalue weighted by atomic mass is 16.5. The fourth-order valence-corrected chi connectivity index (χ4v) is 2.69. The van der Waals surface area contributed by atoms with Crippen LogP contribution in [0.1, 0.15) is 46.0 Å². The van der Waals surface area contributed by atoms with E-state index in [4.69, 9.17) is 14.2 Å². The fourth-order valence-electron chi connectivity index (χ4n) is 2.69. The minimum atomic E-state index is 0.463. The van der Waals surface area contributed by atoms with Gasteiger partial charge in [0, 0.05) is 19.2 Å². The van der Waals surface area contributed by atoms with E-state index in [1.54, 1.807) is 0 Å². The quantitative estimate of drug-likeness (QED) is 0.369. The summed E-state index contributed by atoms with van der Waals surface area (Å²) in [6, 6.07) is 0. The van der Waals surface area contributed by atoms with E-state index in [2.05, 4.69) is 23.5 Å². The molecule has 2 rings (SSSR count). The summed E-state index contributed by atoms with van der Waals surface area (Å²) in [6.07, 6.45) is 6.56. The number of allylic oxidation sites excluding steroid dienone is 3. The van der Waals surface area contributed by atoms with Crippen LogP contribution < -0.4 is 0 Å². The van der Waals surface area contributed by atoms with Crippen molar-refractivity contribution < 1.29 is 19.0 Å². The van der Waals surface area contributed by atoms with Crippen LogP contribution in [0.4, 0.5) is 0 Å². The second-order valence-corrected chi connectivity index (χ2v) is 6.04. The molecule has 1 saturated heterocycles. The highest BCUT2D eigenvalue weighted by molar-refractivity contribution is 5.97. The van der Waals surface area contributed by atoms with Crippen LogP contribution in [-0.2, 0) is 14.2 Å². The minimum Gasteiger partial charge on any atom is -0.495 e. The van der Waals surface area contributed by atoms with Crippen molar-refractivity contribution in [2.45, 2.75) is 46.0 Å². The van der Waals surface area contributed by atoms with Crippen molar-refractivity contribution in [1.29, 1.82) is 0 Å². The average molecular weight is 335 g/mol. The molecule has 1 fully saturated rings. The third kappa shape index (κ3) is 5.11. The maximum absolute atomic E-state index is 9.36. The molecule has 0 bridgehead atoms. The number of nitrogens with zero attached hydrogens (tertiary/aromatic N) is 3. The number of hydrogen-bond acceptors (Lipinski definition) is 4. The minimum absolute atomic E-state index is 0.463. The molecule has 1 aliphatic carbocycles. The molecule has 6 nitrogen and oxygen atoms in total. The normalized spacial score (nSPS) is 18.3. The molecule has 0 saturated carbocycles. The summed E-state index contributed by atoms with van der Waals surface area (Å²) >= 11 is 0. The molecule has 0 aromatic rings. The SMILES string of the molecule is CCCCOC1=CC(N2CCOCC2)=C(OCCCC)CC1=[N+]=[N-]. The summed E-state index contributed by atoms with van der Waals surface area (Å²) < 4.78 is 17.3. The first-order valence-corrected chi connectivity index (χ1v) is 9.04. The van der Waals surface area contributed by atoms with E-state index >= 15 is 0 Å². The number of hydrogen-bond donors (Lipinski definition) is 0. The van der Waals surface area contributed by atoms with Crippen LogP contribution in [0.5, 0.6) is 0 Å². The lowest BCUT2D eigenvalue weighted by Gasteiger charge is -2.32. The predicted molar refractivity (Wildman–Crippen MR) is 92.5 cm³/mol. The van der Waals surface area contributed by atoms with Gasteiger partial charge in [-0.25, -0.2) is 0 Å². The first kappa shape index (κ1) is 18.6. The van der Waals surface area contributed by atoms with Crippen molar-refractivity contribution >= 4 is 5.71 Å². The molecule has 0 spiro atoms. The van der Waals surface area contributed by atoms with Gasteiger partial charge in [-0.05, 0) is 12.8 Å². The zero-order chi connectivity index (χ0) is 17.2. The maximum Gasteiger partial charge on any atom is 0.341 e. The van der Waals surface area contributed by atoms with Crippen LogP contribution in [-0.4, -0.2) is 54.9 Å². The van der Waals surface area contributed by atoms with Crippen LogP contribution in [0.15, 0.2) is 23.3 Å². The molecule has 0 amide bonds. The second kappa shape index (κ2) is 10.2. The topological polar surface area (TPSA) is 67.3 Å². The van der Waals surface area contributed by atoms with Gasteiger partial charge in [-0.2, -0.15) is 4.79 Å². The molecule has 0 unspecified atom stereocenters. The van der Waals surface area contributed by atoms with Gasteiger partial charge >= 0.3 is 5.71 Å². The zero-order valence-corrected chi connectivity index (χ0v) is 14.9. The average Bonchev–Trinajstić information content (AvgIpc) is 2.63. The highest BCUT2D eigenvalue weighted by Gasteiger charge is 2.31. The van der Waals surface area contributed by atoms with E-state index in [-0.39, 0.29) is 0 Å². The van der Waals surface area contributed by atoms with Gasteiger partial charge in [0.25, 0.3) is 0 Å². The van der Waals surface area contributed by atoms with Gasteiger partial charge in [0.15, 0.2) is 0 Å². The first-order valence-electron chi connectivity index (χ1n) is 9.04. The summed E-state index contributed by atoms with van der Waals surface area (Å²) in [5.74, 6) is 1.51. The zero-order valence-electron chi connectivity index (χ0n) is 14.9. The van der Waals surface area contributed by atoms with Gasteiger partial charge in [-0.3, -0.25) is 0 Å². The summed E-state index contributed by atoms with van der Waals surface area (Å²) in [4.78, 5) is 5.70. The van der Waals surface area contributed by atoms with E-state index in [9.17, 15) is 5.53 Å². The van der Waals surface area contributed by atoms with E-state index in [0.29, 0.717) is 44.3 Å². The second-order valence-electron chi connectivity index (χ2n) is 6.04. The van der Waals surface area contributed by atoms with Crippen LogP contribution in [0.25, 0.3) is 5.53 Å². The molecule has 134 valence electrons. The van der Waals surface area contributed by atoms with Crippen molar-refractivity contribution in [1.82, 2.24) is 4.90 Å². The summed E-state index contributed by atoms with van der Waals surface area (Å²) in [5.41, 5.74) is 10.9. The Morgan fingerprint density at radius 2 is 1.79 bits per heavy atom. The van der Waals surface area contributed by atoms with Gasteiger partial charge in [-0.15, -0.1) is 0 Å². The Balaban J connectivity index is 2.21. The number of morpholine rings is 1. The van der Waals surface area contributed by atoms with E-state index < -0.39 is 0 Å². The van der Waals surface area contributed by atoms with Crippen LogP contribution >= 0.6 is 0 Å². The van der Waals surface area contributed by atoms with Crippen molar-refractivity contribution in [2.24, 2.45) is 0 Å². The largest absolute Gasteiger partial charge is 0.495 e. The summed E-state index contributed by atoms with van der Waals surface area (Å²) in [5, 5.41) is 0. The van der Waals surface area contributed by atoms with E-state index in [1.807, 2.05) is 6.08 Å². The van der Waals surface area contributed by atoms with Gasteiger partial charge < -0.3 is 24.6 Å². The Morgan fingerprint density at radius 1 is 1.12 bits per heavy atom. The Morgan fingerprint density at radius 3 is 2.42 bits per heavy atom. The summed E-state index contributed by atoms with van der Waals surface area (Å²) in [7, 11) is 0. The lowest BCUT2D eigenvalue weighted by atomic mass is 10.0. The van der Waals surface area contributed by atoms with Crippen molar-refractivity contribution in [3.8, 4) is 0 Å². The van der Waals surface area contributed by atoms with Crippen molar-refractivity contribution in [3.63, 3.8) is 0 Å². The van der Waals surface area contributed by atoms with Gasteiger partial charge in [0.1, 0.15) is 12.2 Å². The maximum atomic E-state index is 9.36. The standard InChI is InChI=1S/C18H29N3O3/c1-3-5-9-23-17-14-16(21-7-11-22-12-8-21)18(13-15(17)20-19)24-10-6-4-2/h14H,3-13H2,1-2H3. The first-order chi connectivity index (χ1) is 11.8. The molecule has 0 aromatic heterocycles. The Kier molecular flexibility index (Phi) is 7.86. The molecule has 24 heavy (non-hydrogen) atoms. The predicted octanol–water partition coefficient (Wildman–Crippen LogP) is 3.12. The lowest BCUT2D eigenvalue weighted by molar-refractivity contribution is -0.0145. The number of ether oxygens (including phenoxy) is 3. The Bertz CT molecular complexity index is 516. The van der Waals surface area contributed by atoms with Gasteiger partial charge in [0.05, 0.1) is 32.1 Å². The molecule has 1 aliphatic heterocycles. The molecular formula is C18H29N3O3. The van der Waals surface area contributed by atoms with Gasteiger partial charge in [-0.1, -0.05) is 26.7 Å². The van der Waals surface area contributed by atoms with E-state index in [0.717, 1.165) is 50.2 Å². The molecular weight excluding hydrogens is 306 g/mol. The smallest absolute Gasteiger partial charge is 0.341 e. The van der Waals surface area contributed by atoms with Crippen molar-refractivity contribution in [2.75, 3.05) is 39.5 Å². The van der Waals surface area contributed by atoms with Gasteiger partial charge in [0.2, 0.25) is 5.76 Å². The molecule has 0 N–H and O–H groups in total. The molecule has 0 aromatic carbocycles. The summed E-state index contributed by atoms with van der Waals surface area (Å²) in [6.45, 7) is 8.67. The van der Waals surface area contributed by atoms with Crippen molar-refractivity contribution in [3.05, 3.63) is 28.8 Å². The van der Waals surface area contributed by atoms with Crippen LogP contribution in [0, 0.1) is 0 Å². The third-order valence-electron chi connectivity index (χ3n) is 4.17. The fraction of sp³-hybridized carbons (Fsp3) is 0.722. The Labute approximate surface area is 144 Å². The van der Waals surface area contributed by atoms with Crippen LogP contribution in [0.3, 0.4) is 0 Å². The number of unbranched alkanes of at least 4 members (excludes halogenated alkanes) is 2. The third-order valence-corrected chi connectivity index (χ3v) is 4.17. The van der Waals surface area contributed by atoms with E-state index in [1.165, 1.54) is 0 Å². The highest BCUT2D eigenvalue weighted by Crippen LogP contribution is 2.27. The molecule has 2 aliphatic rings. The Hall–Kier alpha value is -1.78.